The summed E-state index contributed by atoms with van der Waals surface area (Å²) in [5.41, 5.74) is 0. The van der Waals surface area contributed by atoms with Crippen molar-refractivity contribution in [3.05, 3.63) is 65.3 Å². The Bertz CT molecular complexity index is 1220. The molecule has 2 atom stereocenters. The average molecular weight is 709 g/mol. The Morgan fingerprint density at radius 1 is 0.422 bits per heavy atom. The smallest absolute Gasteiger partial charge is 0.134 e. The monoisotopic (exact) mass is 708 g/mol. The SMILES string of the molecule is c1cc2c(s1)CN1CCOCCN(Cc3sccc3OCCOCCO2)Cc2sccc2OCCSCCOc2ccsc2C1. The van der Waals surface area contributed by atoms with Gasteiger partial charge in [-0.25, -0.2) is 0 Å². The van der Waals surface area contributed by atoms with Crippen LogP contribution in [0.5, 0.6) is 23.0 Å². The van der Waals surface area contributed by atoms with Crippen molar-refractivity contribution in [1.29, 1.82) is 0 Å². The van der Waals surface area contributed by atoms with Gasteiger partial charge in [0.2, 0.25) is 0 Å². The maximum atomic E-state index is 6.32. The van der Waals surface area contributed by atoms with Crippen LogP contribution < -0.4 is 18.9 Å². The highest BCUT2D eigenvalue weighted by molar-refractivity contribution is 7.99. The molecule has 6 heterocycles. The second-order valence-corrected chi connectivity index (χ2v) is 15.7. The molecule has 8 nitrogen and oxygen atoms in total. The van der Waals surface area contributed by atoms with Crippen LogP contribution in [0.1, 0.15) is 19.5 Å². The van der Waals surface area contributed by atoms with Gasteiger partial charge in [0.05, 0.1) is 59.1 Å². The normalized spacial score (nSPS) is 21.7. The number of hydrogen-bond donors (Lipinski definition) is 0. The molecule has 4 aromatic heterocycles. The van der Waals surface area contributed by atoms with E-state index in [1.165, 1.54) is 19.5 Å². The van der Waals surface area contributed by atoms with Crippen LogP contribution >= 0.6 is 57.1 Å². The lowest BCUT2D eigenvalue weighted by Crippen LogP contribution is -2.30. The maximum Gasteiger partial charge on any atom is 0.134 e. The van der Waals surface area contributed by atoms with Gasteiger partial charge in [0.15, 0.2) is 0 Å². The number of thioether (sulfide) groups is 1. The molecule has 0 aromatic carbocycles. The number of fused-ring (bicyclic) bond motifs is 10. The molecule has 6 rings (SSSR count). The van der Waals surface area contributed by atoms with E-state index in [2.05, 4.69) is 55.6 Å². The number of ether oxygens (including phenoxy) is 6. The Morgan fingerprint density at radius 3 is 1.18 bits per heavy atom. The molecule has 0 fully saturated rings. The second kappa shape index (κ2) is 17.9. The first-order valence-corrected chi connectivity index (χ1v) is 19.9. The van der Waals surface area contributed by atoms with Gasteiger partial charge in [0.1, 0.15) is 36.2 Å². The largest absolute Gasteiger partial charge is 0.492 e. The molecule has 0 amide bonds. The first kappa shape index (κ1) is 33.1. The Morgan fingerprint density at radius 2 is 0.778 bits per heavy atom. The highest BCUT2D eigenvalue weighted by Gasteiger charge is 2.19. The predicted octanol–water partition coefficient (Wildman–Crippen LogP) is 6.95. The molecule has 0 N–H and O–H groups in total. The van der Waals surface area contributed by atoms with E-state index in [0.29, 0.717) is 52.9 Å². The molecule has 2 bridgehead atoms. The average Bonchev–Trinajstić information content (AvgIpc) is 3.85. The molecule has 45 heavy (non-hydrogen) atoms. The Hall–Kier alpha value is -1.81. The Labute approximate surface area is 285 Å². The number of rotatable bonds is 0. The molecule has 0 aliphatic carbocycles. The fraction of sp³-hybridized carbons (Fsp3) is 0.500. The van der Waals surface area contributed by atoms with E-state index in [4.69, 9.17) is 28.4 Å². The van der Waals surface area contributed by atoms with Gasteiger partial charge < -0.3 is 28.4 Å². The van der Waals surface area contributed by atoms with Crippen molar-refractivity contribution >= 4 is 57.1 Å². The van der Waals surface area contributed by atoms with Crippen LogP contribution in [-0.4, -0.2) is 87.3 Å². The topological polar surface area (TPSA) is 61.9 Å². The second-order valence-electron chi connectivity index (χ2n) is 10.5. The summed E-state index contributed by atoms with van der Waals surface area (Å²) in [6, 6.07) is 8.32. The molecular formula is C32H40N2O6S5. The lowest BCUT2D eigenvalue weighted by molar-refractivity contribution is 0.0703. The fourth-order valence-corrected chi connectivity index (χ4v) is 9.10. The molecule has 13 heteroatoms. The summed E-state index contributed by atoms with van der Waals surface area (Å²) < 4.78 is 37.0. The van der Waals surface area contributed by atoms with Crippen LogP contribution in [0, 0.1) is 0 Å². The van der Waals surface area contributed by atoms with Crippen molar-refractivity contribution in [2.75, 3.05) is 77.5 Å². The molecule has 0 radical (unpaired) electrons. The van der Waals surface area contributed by atoms with Crippen molar-refractivity contribution in [1.82, 2.24) is 9.80 Å². The molecule has 0 spiro atoms. The van der Waals surface area contributed by atoms with Gasteiger partial charge in [-0.1, -0.05) is 0 Å². The molecule has 4 aromatic rings. The number of hydrogen-bond acceptors (Lipinski definition) is 13. The number of nitrogens with zero attached hydrogens (tertiary/aromatic N) is 2. The van der Waals surface area contributed by atoms with Gasteiger partial charge in [-0.2, -0.15) is 11.8 Å². The molecule has 2 unspecified atom stereocenters. The molecule has 244 valence electrons. The Balaban J connectivity index is 1.23. The molecule has 2 aliphatic rings. The summed E-state index contributed by atoms with van der Waals surface area (Å²) in [6.07, 6.45) is 0. The zero-order chi connectivity index (χ0) is 30.5. The van der Waals surface area contributed by atoms with Crippen molar-refractivity contribution in [2.45, 2.75) is 26.2 Å². The first-order valence-electron chi connectivity index (χ1n) is 15.3. The first-order chi connectivity index (χ1) is 22.3. The van der Waals surface area contributed by atoms with E-state index in [1.54, 1.807) is 45.3 Å². The highest BCUT2D eigenvalue weighted by atomic mass is 32.2. The summed E-state index contributed by atoms with van der Waals surface area (Å²) in [5, 5.41) is 8.46. The third kappa shape index (κ3) is 10.1. The van der Waals surface area contributed by atoms with E-state index >= 15 is 0 Å². The van der Waals surface area contributed by atoms with Crippen molar-refractivity contribution in [3.8, 4) is 23.0 Å². The van der Waals surface area contributed by atoms with E-state index < -0.39 is 0 Å². The molecule has 0 saturated heterocycles. The lowest BCUT2D eigenvalue weighted by Gasteiger charge is -2.24. The minimum absolute atomic E-state index is 0.501. The zero-order valence-corrected chi connectivity index (χ0v) is 29.4. The standard InChI is InChI=1S/C32H40N2O6S5/c1-15-42-29-21-33-5-7-35-8-6-34(22-30-26(2-16-43-30)38-12-10-36-9-11-37-25(1)29)24-32-28(4-18-45-32)40-14-20-41-19-13-39-27-3-17-44-31(27)23-33/h1-4,15-18H,5-14,19-24H2. The van der Waals surface area contributed by atoms with Crippen molar-refractivity contribution < 1.29 is 28.4 Å². The minimum atomic E-state index is 0.501. The quantitative estimate of drug-likeness (QED) is 0.181. The van der Waals surface area contributed by atoms with Crippen LogP contribution in [0.15, 0.2) is 45.8 Å². The maximum absolute atomic E-state index is 6.32. The van der Waals surface area contributed by atoms with Gasteiger partial charge in [-0.3, -0.25) is 9.80 Å². The molecule has 2 aliphatic heterocycles. The minimum Gasteiger partial charge on any atom is -0.492 e. The summed E-state index contributed by atoms with van der Waals surface area (Å²) in [6.45, 7) is 9.44. The highest BCUT2D eigenvalue weighted by Crippen LogP contribution is 2.32. The van der Waals surface area contributed by atoms with E-state index in [-0.39, 0.29) is 0 Å². The van der Waals surface area contributed by atoms with Gasteiger partial charge in [0, 0.05) is 50.8 Å². The van der Waals surface area contributed by atoms with E-state index in [0.717, 1.165) is 73.8 Å². The van der Waals surface area contributed by atoms with E-state index in [1.807, 2.05) is 11.8 Å². The van der Waals surface area contributed by atoms with Crippen LogP contribution in [-0.2, 0) is 35.7 Å². The van der Waals surface area contributed by atoms with Crippen LogP contribution in [0.25, 0.3) is 0 Å². The van der Waals surface area contributed by atoms with Gasteiger partial charge in [-0.15, -0.1) is 45.3 Å². The van der Waals surface area contributed by atoms with Gasteiger partial charge in [-0.05, 0) is 45.8 Å². The summed E-state index contributed by atoms with van der Waals surface area (Å²) in [5.74, 6) is 5.66. The third-order valence-corrected chi connectivity index (χ3v) is 11.8. The van der Waals surface area contributed by atoms with Gasteiger partial charge >= 0.3 is 0 Å². The van der Waals surface area contributed by atoms with Crippen LogP contribution in [0.3, 0.4) is 0 Å². The van der Waals surface area contributed by atoms with Crippen LogP contribution in [0.2, 0.25) is 0 Å². The Kier molecular flexibility index (Phi) is 13.2. The summed E-state index contributed by atoms with van der Waals surface area (Å²) in [7, 11) is 0. The van der Waals surface area contributed by atoms with Crippen molar-refractivity contribution in [2.24, 2.45) is 0 Å². The molecular weight excluding hydrogens is 669 g/mol. The third-order valence-electron chi connectivity index (χ3n) is 7.33. The lowest BCUT2D eigenvalue weighted by atomic mass is 10.3. The summed E-state index contributed by atoms with van der Waals surface area (Å²) >= 11 is 8.84. The van der Waals surface area contributed by atoms with Crippen LogP contribution in [0.4, 0.5) is 0 Å². The predicted molar refractivity (Wildman–Crippen MR) is 186 cm³/mol. The number of thiophene rings is 4. The van der Waals surface area contributed by atoms with E-state index in [9.17, 15) is 0 Å². The molecule has 0 saturated carbocycles. The van der Waals surface area contributed by atoms with Crippen molar-refractivity contribution in [3.63, 3.8) is 0 Å². The van der Waals surface area contributed by atoms with Gasteiger partial charge in [0.25, 0.3) is 0 Å². The summed E-state index contributed by atoms with van der Waals surface area (Å²) in [4.78, 5) is 9.79. The zero-order valence-electron chi connectivity index (χ0n) is 25.3. The fourth-order valence-electron chi connectivity index (χ4n) is 5.07.